The van der Waals surface area contributed by atoms with Gasteiger partial charge in [-0.15, -0.1) is 0 Å². The number of carbonyl (C=O) groups is 1. The van der Waals surface area contributed by atoms with Crippen LogP contribution in [0, 0.1) is 0 Å². The highest BCUT2D eigenvalue weighted by Crippen LogP contribution is 2.27. The molecule has 0 saturated heterocycles. The Morgan fingerprint density at radius 3 is 2.59 bits per heavy atom. The first-order valence-electron chi connectivity index (χ1n) is 9.59. The van der Waals surface area contributed by atoms with Crippen LogP contribution in [0.3, 0.4) is 0 Å². The standard InChI is InChI=1S/C24H22N4O/c1-16(2)18-12-10-17(11-13-18)15-25-28-24(29)23-14-22(26-27-23)21-9-5-7-19-6-3-4-8-20(19)21/h3-16H,1-2H3,(H,26,27)(H,28,29)/b25-15-. The molecule has 3 aromatic carbocycles. The van der Waals surface area contributed by atoms with Gasteiger partial charge in [-0.2, -0.15) is 10.2 Å². The molecule has 0 atom stereocenters. The molecule has 0 saturated carbocycles. The fourth-order valence-electron chi connectivity index (χ4n) is 3.22. The molecule has 0 bridgehead atoms. The van der Waals surface area contributed by atoms with Crippen LogP contribution in [0.1, 0.15) is 41.4 Å². The highest BCUT2D eigenvalue weighted by Gasteiger charge is 2.12. The molecule has 1 amide bonds. The molecule has 1 heterocycles. The van der Waals surface area contributed by atoms with Gasteiger partial charge in [0.2, 0.25) is 0 Å². The first-order valence-corrected chi connectivity index (χ1v) is 9.59. The number of hydrogen-bond acceptors (Lipinski definition) is 3. The summed E-state index contributed by atoms with van der Waals surface area (Å²) in [6, 6.07) is 24.0. The lowest BCUT2D eigenvalue weighted by Gasteiger charge is -2.04. The Morgan fingerprint density at radius 1 is 1.03 bits per heavy atom. The van der Waals surface area contributed by atoms with E-state index in [1.165, 1.54) is 5.56 Å². The largest absolute Gasteiger partial charge is 0.289 e. The second-order valence-corrected chi connectivity index (χ2v) is 7.21. The Balaban J connectivity index is 1.47. The zero-order valence-corrected chi connectivity index (χ0v) is 16.4. The number of hydrazone groups is 1. The van der Waals surface area contributed by atoms with Gasteiger partial charge in [0, 0.05) is 5.56 Å². The molecule has 0 spiro atoms. The average Bonchev–Trinajstić information content (AvgIpc) is 3.24. The van der Waals surface area contributed by atoms with E-state index in [9.17, 15) is 4.79 Å². The lowest BCUT2D eigenvalue weighted by Crippen LogP contribution is -2.18. The molecule has 4 aromatic rings. The summed E-state index contributed by atoms with van der Waals surface area (Å²) >= 11 is 0. The Bertz CT molecular complexity index is 1170. The van der Waals surface area contributed by atoms with E-state index in [0.717, 1.165) is 27.6 Å². The van der Waals surface area contributed by atoms with Gasteiger partial charge >= 0.3 is 0 Å². The lowest BCUT2D eigenvalue weighted by atomic mass is 10.0. The number of benzene rings is 3. The van der Waals surface area contributed by atoms with Crippen LogP contribution in [0.4, 0.5) is 0 Å². The third-order valence-corrected chi connectivity index (χ3v) is 4.87. The van der Waals surface area contributed by atoms with Gasteiger partial charge in [0.25, 0.3) is 5.91 Å². The quantitative estimate of drug-likeness (QED) is 0.372. The maximum atomic E-state index is 12.4. The van der Waals surface area contributed by atoms with Crippen LogP contribution in [0.25, 0.3) is 22.0 Å². The summed E-state index contributed by atoms with van der Waals surface area (Å²) in [5.74, 6) is 0.149. The van der Waals surface area contributed by atoms with Crippen LogP contribution in [-0.2, 0) is 0 Å². The zero-order valence-electron chi connectivity index (χ0n) is 16.4. The number of aromatic nitrogens is 2. The third-order valence-electron chi connectivity index (χ3n) is 4.87. The van der Waals surface area contributed by atoms with E-state index in [0.29, 0.717) is 11.6 Å². The van der Waals surface area contributed by atoms with Crippen molar-refractivity contribution in [1.29, 1.82) is 0 Å². The minimum absolute atomic E-state index is 0.334. The van der Waals surface area contributed by atoms with Crippen molar-refractivity contribution in [2.24, 2.45) is 5.10 Å². The fourth-order valence-corrected chi connectivity index (χ4v) is 3.22. The van der Waals surface area contributed by atoms with Crippen molar-refractivity contribution in [1.82, 2.24) is 15.6 Å². The molecule has 144 valence electrons. The topological polar surface area (TPSA) is 70.1 Å². The maximum absolute atomic E-state index is 12.4. The van der Waals surface area contributed by atoms with Gasteiger partial charge in [0.15, 0.2) is 0 Å². The molecular weight excluding hydrogens is 360 g/mol. The number of H-pyrrole nitrogens is 1. The fraction of sp³-hybridized carbons (Fsp3) is 0.125. The Labute approximate surface area is 169 Å². The molecule has 2 N–H and O–H groups in total. The Hall–Kier alpha value is -3.73. The van der Waals surface area contributed by atoms with E-state index in [1.807, 2.05) is 42.5 Å². The molecule has 0 unspecified atom stereocenters. The minimum Gasteiger partial charge on any atom is -0.272 e. The summed E-state index contributed by atoms with van der Waals surface area (Å²) in [6.07, 6.45) is 1.63. The van der Waals surface area contributed by atoms with E-state index in [4.69, 9.17) is 0 Å². The van der Waals surface area contributed by atoms with Crippen LogP contribution in [0.5, 0.6) is 0 Å². The average molecular weight is 382 g/mol. The summed E-state index contributed by atoms with van der Waals surface area (Å²) in [5, 5.41) is 13.4. The molecule has 0 aliphatic heterocycles. The van der Waals surface area contributed by atoms with Gasteiger partial charge in [0.1, 0.15) is 5.69 Å². The molecule has 0 radical (unpaired) electrons. The van der Waals surface area contributed by atoms with Gasteiger partial charge in [-0.3, -0.25) is 9.89 Å². The summed E-state index contributed by atoms with van der Waals surface area (Å²) in [5.41, 5.74) is 6.80. The lowest BCUT2D eigenvalue weighted by molar-refractivity contribution is 0.0950. The first-order chi connectivity index (χ1) is 14.1. The van der Waals surface area contributed by atoms with Crippen molar-refractivity contribution in [3.05, 3.63) is 89.6 Å². The SMILES string of the molecule is CC(C)c1ccc(/C=N\NC(=O)c2cc(-c3cccc4ccccc34)n[nH]2)cc1. The monoisotopic (exact) mass is 382 g/mol. The van der Waals surface area contributed by atoms with Crippen molar-refractivity contribution >= 4 is 22.9 Å². The molecule has 5 heteroatoms. The zero-order chi connectivity index (χ0) is 20.2. The smallest absolute Gasteiger partial charge is 0.272 e. The number of nitrogens with one attached hydrogen (secondary N) is 2. The predicted octanol–water partition coefficient (Wildman–Crippen LogP) is 5.12. The molecule has 1 aromatic heterocycles. The van der Waals surface area contributed by atoms with Crippen molar-refractivity contribution < 1.29 is 4.79 Å². The molecule has 0 aliphatic carbocycles. The Kier molecular flexibility index (Phi) is 5.20. The van der Waals surface area contributed by atoms with Crippen LogP contribution >= 0.6 is 0 Å². The summed E-state index contributed by atoms with van der Waals surface area (Å²) < 4.78 is 0. The predicted molar refractivity (Wildman–Crippen MR) is 117 cm³/mol. The van der Waals surface area contributed by atoms with Gasteiger partial charge in [-0.1, -0.05) is 80.6 Å². The summed E-state index contributed by atoms with van der Waals surface area (Å²) in [6.45, 7) is 4.31. The van der Waals surface area contributed by atoms with E-state index in [1.54, 1.807) is 12.3 Å². The van der Waals surface area contributed by atoms with E-state index in [2.05, 4.69) is 58.8 Å². The van der Waals surface area contributed by atoms with Crippen molar-refractivity contribution in [2.45, 2.75) is 19.8 Å². The molecule has 29 heavy (non-hydrogen) atoms. The van der Waals surface area contributed by atoms with Gasteiger partial charge in [-0.25, -0.2) is 5.43 Å². The Morgan fingerprint density at radius 2 is 1.79 bits per heavy atom. The van der Waals surface area contributed by atoms with Crippen molar-refractivity contribution in [3.63, 3.8) is 0 Å². The van der Waals surface area contributed by atoms with E-state index < -0.39 is 0 Å². The second-order valence-electron chi connectivity index (χ2n) is 7.21. The second kappa shape index (κ2) is 8.10. The number of nitrogens with zero attached hydrogens (tertiary/aromatic N) is 2. The van der Waals surface area contributed by atoms with Crippen LogP contribution in [-0.4, -0.2) is 22.3 Å². The normalized spacial score (nSPS) is 11.4. The van der Waals surface area contributed by atoms with Gasteiger partial charge in [-0.05, 0) is 33.9 Å². The van der Waals surface area contributed by atoms with Gasteiger partial charge < -0.3 is 0 Å². The molecule has 0 fully saturated rings. The van der Waals surface area contributed by atoms with E-state index in [-0.39, 0.29) is 5.91 Å². The number of aromatic amines is 1. The van der Waals surface area contributed by atoms with Crippen LogP contribution in [0.15, 0.2) is 77.9 Å². The summed E-state index contributed by atoms with van der Waals surface area (Å²) in [7, 11) is 0. The number of amides is 1. The number of fused-ring (bicyclic) bond motifs is 1. The van der Waals surface area contributed by atoms with Crippen molar-refractivity contribution in [2.75, 3.05) is 0 Å². The third kappa shape index (κ3) is 4.09. The molecule has 4 rings (SSSR count). The van der Waals surface area contributed by atoms with Crippen molar-refractivity contribution in [3.8, 4) is 11.3 Å². The van der Waals surface area contributed by atoms with Crippen LogP contribution < -0.4 is 5.43 Å². The minimum atomic E-state index is -0.334. The number of hydrogen-bond donors (Lipinski definition) is 2. The maximum Gasteiger partial charge on any atom is 0.289 e. The molecular formula is C24H22N4O. The highest BCUT2D eigenvalue weighted by molar-refractivity contribution is 5.98. The van der Waals surface area contributed by atoms with Gasteiger partial charge in [0.05, 0.1) is 11.9 Å². The molecule has 0 aliphatic rings. The summed E-state index contributed by atoms with van der Waals surface area (Å²) in [4.78, 5) is 12.4. The molecule has 5 nitrogen and oxygen atoms in total. The highest BCUT2D eigenvalue weighted by atomic mass is 16.2. The number of rotatable bonds is 5. The number of carbonyl (C=O) groups excluding carboxylic acids is 1. The van der Waals surface area contributed by atoms with Crippen LogP contribution in [0.2, 0.25) is 0 Å². The first kappa shape index (κ1) is 18.6. The van der Waals surface area contributed by atoms with E-state index >= 15 is 0 Å².